The van der Waals surface area contributed by atoms with Gasteiger partial charge in [-0.05, 0) is 19.3 Å². The van der Waals surface area contributed by atoms with Gasteiger partial charge in [0.1, 0.15) is 0 Å². The summed E-state index contributed by atoms with van der Waals surface area (Å²) in [7, 11) is 1.73. The molecule has 0 amide bonds. The van der Waals surface area contributed by atoms with Gasteiger partial charge in [-0.2, -0.15) is 0 Å². The van der Waals surface area contributed by atoms with E-state index in [4.69, 9.17) is 4.74 Å². The molecule has 0 heterocycles. The number of methoxy groups -OCH3 is 1. The monoisotopic (exact) mass is 217 g/mol. The molecule has 3 nitrogen and oxygen atoms in total. The van der Waals surface area contributed by atoms with Crippen molar-refractivity contribution < 1.29 is 9.84 Å². The number of ether oxygens (including phenoxy) is 1. The maximum Gasteiger partial charge on any atom is 0.0670 e. The molecule has 92 valence electrons. The van der Waals surface area contributed by atoms with E-state index in [-0.39, 0.29) is 24.2 Å². The van der Waals surface area contributed by atoms with Gasteiger partial charge in [0.2, 0.25) is 0 Å². The number of aliphatic hydroxyl groups is 1. The van der Waals surface area contributed by atoms with E-state index in [1.165, 1.54) is 0 Å². The van der Waals surface area contributed by atoms with Crippen LogP contribution in [0.3, 0.4) is 0 Å². The van der Waals surface area contributed by atoms with Crippen LogP contribution in [0.4, 0.5) is 0 Å². The minimum absolute atomic E-state index is 0.196. The summed E-state index contributed by atoms with van der Waals surface area (Å²) >= 11 is 0. The molecule has 0 spiro atoms. The second-order valence-corrected chi connectivity index (χ2v) is 5.57. The summed E-state index contributed by atoms with van der Waals surface area (Å²) in [6.07, 6.45) is 0.210. The Balaban J connectivity index is 4.31. The van der Waals surface area contributed by atoms with Gasteiger partial charge in [0.25, 0.3) is 0 Å². The summed E-state index contributed by atoms with van der Waals surface area (Å²) in [5.74, 6) is 0. The van der Waals surface area contributed by atoms with Gasteiger partial charge < -0.3 is 9.84 Å². The molecule has 1 unspecified atom stereocenters. The van der Waals surface area contributed by atoms with Crippen molar-refractivity contribution in [3.05, 3.63) is 0 Å². The Morgan fingerprint density at radius 1 is 1.27 bits per heavy atom. The van der Waals surface area contributed by atoms with Gasteiger partial charge in [0.05, 0.1) is 12.7 Å². The number of nitrogens with zero attached hydrogens (tertiary/aromatic N) is 1. The average Bonchev–Trinajstić information content (AvgIpc) is 2.13. The molecule has 0 aliphatic heterocycles. The molecule has 0 saturated heterocycles. The Morgan fingerprint density at radius 2 is 1.80 bits per heavy atom. The third-order valence-corrected chi connectivity index (χ3v) is 2.46. The first-order valence-corrected chi connectivity index (χ1v) is 5.68. The van der Waals surface area contributed by atoms with Crippen molar-refractivity contribution in [2.24, 2.45) is 5.41 Å². The molecule has 0 saturated carbocycles. The van der Waals surface area contributed by atoms with Gasteiger partial charge in [0.15, 0.2) is 0 Å². The van der Waals surface area contributed by atoms with Crippen LogP contribution in [0.1, 0.15) is 34.6 Å². The lowest BCUT2D eigenvalue weighted by atomic mass is 9.95. The standard InChI is InChI=1S/C12H27NO2/c1-10(8-14)13(7-11(2)15-6)9-12(3,4)5/h10-11,14H,7-9H2,1-6H3/t10?,11-/m0/s1. The van der Waals surface area contributed by atoms with E-state index >= 15 is 0 Å². The summed E-state index contributed by atoms with van der Waals surface area (Å²) in [4.78, 5) is 2.29. The molecule has 2 atom stereocenters. The number of rotatable bonds is 6. The first kappa shape index (κ1) is 14.9. The molecule has 0 rings (SSSR count). The highest BCUT2D eigenvalue weighted by molar-refractivity contribution is 4.75. The Morgan fingerprint density at radius 3 is 2.13 bits per heavy atom. The van der Waals surface area contributed by atoms with Gasteiger partial charge in [-0.15, -0.1) is 0 Å². The van der Waals surface area contributed by atoms with Crippen LogP contribution in [0.5, 0.6) is 0 Å². The van der Waals surface area contributed by atoms with E-state index in [1.54, 1.807) is 7.11 Å². The normalized spacial score (nSPS) is 16.8. The Hall–Kier alpha value is -0.120. The van der Waals surface area contributed by atoms with Crippen LogP contribution in [0, 0.1) is 5.41 Å². The smallest absolute Gasteiger partial charge is 0.0670 e. The predicted octanol–water partition coefficient (Wildman–Crippen LogP) is 1.75. The fourth-order valence-electron chi connectivity index (χ4n) is 1.53. The highest BCUT2D eigenvalue weighted by Crippen LogP contribution is 2.17. The van der Waals surface area contributed by atoms with Crippen molar-refractivity contribution in [2.45, 2.75) is 46.8 Å². The predicted molar refractivity (Wildman–Crippen MR) is 64.0 cm³/mol. The Kier molecular flexibility index (Phi) is 6.41. The highest BCUT2D eigenvalue weighted by atomic mass is 16.5. The molecule has 15 heavy (non-hydrogen) atoms. The molecule has 0 aromatic rings. The van der Waals surface area contributed by atoms with Crippen molar-refractivity contribution >= 4 is 0 Å². The highest BCUT2D eigenvalue weighted by Gasteiger charge is 2.21. The molecule has 0 aromatic carbocycles. The van der Waals surface area contributed by atoms with Crippen molar-refractivity contribution in [1.82, 2.24) is 4.90 Å². The van der Waals surface area contributed by atoms with Crippen LogP contribution >= 0.6 is 0 Å². The summed E-state index contributed by atoms with van der Waals surface area (Å²) in [5.41, 5.74) is 0.247. The molecule has 1 N–H and O–H groups in total. The first-order chi connectivity index (χ1) is 6.80. The summed E-state index contributed by atoms with van der Waals surface area (Å²) < 4.78 is 5.27. The SMILES string of the molecule is CO[C@@H](C)CN(CC(C)(C)C)C(C)CO. The molecule has 0 radical (unpaired) electrons. The van der Waals surface area contributed by atoms with Gasteiger partial charge in [-0.3, -0.25) is 4.90 Å². The lowest BCUT2D eigenvalue weighted by molar-refractivity contribution is 0.0326. The van der Waals surface area contributed by atoms with Crippen LogP contribution in [0.2, 0.25) is 0 Å². The Bertz CT molecular complexity index is 165. The second-order valence-electron chi connectivity index (χ2n) is 5.57. The summed E-state index contributed by atoms with van der Waals surface area (Å²) in [6.45, 7) is 12.8. The molecule has 0 aliphatic carbocycles. The molecule has 3 heteroatoms. The summed E-state index contributed by atoms with van der Waals surface area (Å²) in [5, 5.41) is 9.21. The van der Waals surface area contributed by atoms with Crippen LogP contribution in [-0.2, 0) is 4.74 Å². The molecular formula is C12H27NO2. The lowest BCUT2D eigenvalue weighted by Crippen LogP contribution is -2.44. The fourth-order valence-corrected chi connectivity index (χ4v) is 1.53. The van der Waals surface area contributed by atoms with E-state index < -0.39 is 0 Å². The number of hydrogen-bond donors (Lipinski definition) is 1. The molecular weight excluding hydrogens is 190 g/mol. The quantitative estimate of drug-likeness (QED) is 0.736. The zero-order chi connectivity index (χ0) is 12.1. The molecule has 0 aliphatic rings. The van der Waals surface area contributed by atoms with Gasteiger partial charge in [-0.1, -0.05) is 20.8 Å². The van der Waals surface area contributed by atoms with Crippen LogP contribution < -0.4 is 0 Å². The van der Waals surface area contributed by atoms with E-state index in [9.17, 15) is 5.11 Å². The molecule has 0 fully saturated rings. The number of hydrogen-bond acceptors (Lipinski definition) is 3. The maximum absolute atomic E-state index is 9.21. The van der Waals surface area contributed by atoms with E-state index in [1.807, 2.05) is 6.92 Å². The van der Waals surface area contributed by atoms with E-state index in [0.29, 0.717) is 0 Å². The van der Waals surface area contributed by atoms with Crippen LogP contribution in [0.25, 0.3) is 0 Å². The zero-order valence-corrected chi connectivity index (χ0v) is 11.1. The average molecular weight is 217 g/mol. The van der Waals surface area contributed by atoms with Crippen molar-refractivity contribution in [2.75, 3.05) is 26.8 Å². The van der Waals surface area contributed by atoms with Gasteiger partial charge in [0, 0.05) is 26.2 Å². The lowest BCUT2D eigenvalue weighted by Gasteiger charge is -2.35. The van der Waals surface area contributed by atoms with Crippen molar-refractivity contribution in [3.63, 3.8) is 0 Å². The number of aliphatic hydroxyl groups excluding tert-OH is 1. The van der Waals surface area contributed by atoms with Crippen LogP contribution in [0.15, 0.2) is 0 Å². The van der Waals surface area contributed by atoms with Gasteiger partial charge >= 0.3 is 0 Å². The topological polar surface area (TPSA) is 32.7 Å². The summed E-state index contributed by atoms with van der Waals surface area (Å²) in [6, 6.07) is 0.196. The second kappa shape index (κ2) is 6.46. The van der Waals surface area contributed by atoms with Crippen LogP contribution in [-0.4, -0.2) is 49.0 Å². The minimum Gasteiger partial charge on any atom is -0.395 e. The zero-order valence-electron chi connectivity index (χ0n) is 11.1. The first-order valence-electron chi connectivity index (χ1n) is 5.68. The minimum atomic E-state index is 0.196. The maximum atomic E-state index is 9.21. The third-order valence-electron chi connectivity index (χ3n) is 2.46. The van der Waals surface area contributed by atoms with E-state index in [2.05, 4.69) is 32.6 Å². The van der Waals surface area contributed by atoms with Crippen molar-refractivity contribution in [3.8, 4) is 0 Å². The van der Waals surface area contributed by atoms with E-state index in [0.717, 1.165) is 13.1 Å². The third kappa shape index (κ3) is 6.88. The Labute approximate surface area is 94.4 Å². The fraction of sp³-hybridized carbons (Fsp3) is 1.00. The molecule has 0 aromatic heterocycles. The van der Waals surface area contributed by atoms with Crippen molar-refractivity contribution in [1.29, 1.82) is 0 Å². The molecule has 0 bridgehead atoms. The largest absolute Gasteiger partial charge is 0.395 e. The van der Waals surface area contributed by atoms with Gasteiger partial charge in [-0.25, -0.2) is 0 Å².